The molecule has 0 radical (unpaired) electrons. The van der Waals surface area contributed by atoms with E-state index in [1.54, 1.807) is 12.1 Å². The predicted molar refractivity (Wildman–Crippen MR) is 116 cm³/mol. The lowest BCUT2D eigenvalue weighted by Gasteiger charge is -2.11. The Balaban J connectivity index is 1.77. The van der Waals surface area contributed by atoms with Crippen molar-refractivity contribution in [1.82, 2.24) is 14.8 Å². The fourth-order valence-corrected chi connectivity index (χ4v) is 3.53. The summed E-state index contributed by atoms with van der Waals surface area (Å²) in [6.45, 7) is 0.975. The molecular formula is C23H16F5N5O2. The monoisotopic (exact) mass is 489 g/mol. The number of hydrogen-bond donors (Lipinski definition) is 2. The van der Waals surface area contributed by atoms with Crippen LogP contribution >= 0.6 is 0 Å². The van der Waals surface area contributed by atoms with Gasteiger partial charge in [-0.1, -0.05) is 24.3 Å². The summed E-state index contributed by atoms with van der Waals surface area (Å²) in [5.74, 6) is -4.13. The zero-order valence-corrected chi connectivity index (χ0v) is 18.0. The molecule has 2 heterocycles. The molecule has 0 saturated carbocycles. The summed E-state index contributed by atoms with van der Waals surface area (Å²) in [6.07, 6.45) is -4.94. The first kappa shape index (κ1) is 23.8. The van der Waals surface area contributed by atoms with E-state index in [1.165, 1.54) is 25.1 Å². The lowest BCUT2D eigenvalue weighted by molar-refractivity contribution is -0.140. The van der Waals surface area contributed by atoms with E-state index in [1.807, 2.05) is 0 Å². The Kier molecular flexibility index (Phi) is 5.97. The minimum absolute atomic E-state index is 0.0797. The van der Waals surface area contributed by atoms with Crippen LogP contribution in [-0.4, -0.2) is 26.6 Å². The molecular weight excluding hydrogens is 473 g/mol. The van der Waals surface area contributed by atoms with Crippen LogP contribution in [0.15, 0.2) is 48.5 Å². The molecule has 0 spiro atoms. The first-order valence-corrected chi connectivity index (χ1v) is 10.0. The van der Waals surface area contributed by atoms with Gasteiger partial charge in [-0.15, -0.1) is 0 Å². The number of nitrogens with one attached hydrogen (secondary N) is 1. The van der Waals surface area contributed by atoms with E-state index in [4.69, 9.17) is 5.73 Å². The van der Waals surface area contributed by atoms with Crippen molar-refractivity contribution in [2.45, 2.75) is 19.6 Å². The highest BCUT2D eigenvalue weighted by Crippen LogP contribution is 2.36. The minimum atomic E-state index is -4.94. The number of carbonyl (C=O) groups is 2. The fraction of sp³-hybridized carbons (Fsp3) is 0.130. The molecule has 12 heteroatoms. The Morgan fingerprint density at radius 3 is 2.43 bits per heavy atom. The lowest BCUT2D eigenvalue weighted by Crippen LogP contribution is -2.19. The number of nitrogens with two attached hydrogens (primary N) is 1. The van der Waals surface area contributed by atoms with Gasteiger partial charge in [0.2, 0.25) is 0 Å². The number of hydrogen-bond acceptors (Lipinski definition) is 4. The van der Waals surface area contributed by atoms with Gasteiger partial charge in [-0.2, -0.15) is 18.3 Å². The van der Waals surface area contributed by atoms with Crippen LogP contribution in [0.4, 0.5) is 27.6 Å². The molecule has 0 aliphatic carbocycles. The molecule has 0 bridgehead atoms. The number of aromatic nitrogens is 3. The van der Waals surface area contributed by atoms with E-state index in [0.717, 1.165) is 22.9 Å². The van der Waals surface area contributed by atoms with Crippen molar-refractivity contribution in [3.63, 3.8) is 0 Å². The molecule has 0 aliphatic heterocycles. The Morgan fingerprint density at radius 2 is 1.77 bits per heavy atom. The maximum atomic E-state index is 13.8. The quantitative estimate of drug-likeness (QED) is 0.405. The number of nitrogens with zero attached hydrogens (tertiary/aromatic N) is 3. The summed E-state index contributed by atoms with van der Waals surface area (Å²) in [4.78, 5) is 28.8. The third-order valence-electron chi connectivity index (χ3n) is 5.24. The number of carbonyl (C=O) groups excluding carboxylic acids is 2. The highest BCUT2D eigenvalue weighted by Gasteiger charge is 2.39. The van der Waals surface area contributed by atoms with Gasteiger partial charge in [-0.25, -0.2) is 13.8 Å². The maximum absolute atomic E-state index is 13.8. The Bertz CT molecular complexity index is 1480. The van der Waals surface area contributed by atoms with E-state index in [0.29, 0.717) is 0 Å². The summed E-state index contributed by atoms with van der Waals surface area (Å²) < 4.78 is 69.0. The number of benzene rings is 2. The van der Waals surface area contributed by atoms with Crippen LogP contribution < -0.4 is 11.1 Å². The minimum Gasteiger partial charge on any atom is -0.364 e. The standard InChI is InChI=1S/C23H16F5N5O2/c1-11-19(20(23(26,27)28)32-33(11)10-12-6-7-15(24)16(25)8-12)31-22(35)14-9-18(21(29)34)30-17-5-3-2-4-13(14)17/h2-9H,10H2,1H3,(H2,29,34)(H,31,35). The van der Waals surface area contributed by atoms with Crippen molar-refractivity contribution in [1.29, 1.82) is 0 Å². The average Bonchev–Trinajstić information content (AvgIpc) is 3.10. The molecule has 3 N–H and O–H groups in total. The number of para-hydroxylation sites is 1. The van der Waals surface area contributed by atoms with Crippen LogP contribution in [0.1, 0.15) is 37.8 Å². The molecule has 2 aromatic carbocycles. The SMILES string of the molecule is Cc1c(NC(=O)c2cc(C(N)=O)nc3ccccc23)c(C(F)(F)F)nn1Cc1ccc(F)c(F)c1. The second-order valence-electron chi connectivity index (χ2n) is 7.60. The van der Waals surface area contributed by atoms with Crippen LogP contribution in [0, 0.1) is 18.6 Å². The summed E-state index contributed by atoms with van der Waals surface area (Å²) in [7, 11) is 0. The van der Waals surface area contributed by atoms with Gasteiger partial charge in [-0.05, 0) is 36.8 Å². The molecule has 0 fully saturated rings. The topological polar surface area (TPSA) is 103 Å². The summed E-state index contributed by atoms with van der Waals surface area (Å²) in [6, 6.07) is 10.2. The predicted octanol–water partition coefficient (Wildman–Crippen LogP) is 4.44. The molecule has 0 aliphatic rings. The van der Waals surface area contributed by atoms with Crippen molar-refractivity contribution in [3.05, 3.63) is 88.4 Å². The summed E-state index contributed by atoms with van der Waals surface area (Å²) in [5.41, 5.74) is 3.25. The molecule has 0 saturated heterocycles. The Labute approximate surface area is 194 Å². The number of pyridine rings is 1. The lowest BCUT2D eigenvalue weighted by atomic mass is 10.1. The van der Waals surface area contributed by atoms with Crippen molar-refractivity contribution >= 4 is 28.4 Å². The average molecular weight is 489 g/mol. The van der Waals surface area contributed by atoms with Crippen molar-refractivity contribution in [2.75, 3.05) is 5.32 Å². The van der Waals surface area contributed by atoms with Gasteiger partial charge in [0.25, 0.3) is 11.8 Å². The number of primary amides is 1. The van der Waals surface area contributed by atoms with Crippen LogP contribution in [-0.2, 0) is 12.7 Å². The van der Waals surface area contributed by atoms with Gasteiger partial charge in [0, 0.05) is 5.39 Å². The zero-order valence-electron chi connectivity index (χ0n) is 18.0. The molecule has 2 amide bonds. The van der Waals surface area contributed by atoms with Gasteiger partial charge in [0.15, 0.2) is 17.3 Å². The Morgan fingerprint density at radius 1 is 1.06 bits per heavy atom. The molecule has 2 aromatic heterocycles. The maximum Gasteiger partial charge on any atom is 0.437 e. The smallest absolute Gasteiger partial charge is 0.364 e. The molecule has 180 valence electrons. The molecule has 4 rings (SSSR count). The first-order valence-electron chi connectivity index (χ1n) is 10.0. The first-order chi connectivity index (χ1) is 16.5. The van der Waals surface area contributed by atoms with E-state index in [9.17, 15) is 31.5 Å². The second-order valence-corrected chi connectivity index (χ2v) is 7.60. The molecule has 0 unspecified atom stereocenters. The van der Waals surface area contributed by atoms with Gasteiger partial charge in [0.1, 0.15) is 5.69 Å². The van der Waals surface area contributed by atoms with Crippen molar-refractivity contribution in [3.8, 4) is 0 Å². The van der Waals surface area contributed by atoms with Crippen molar-refractivity contribution < 1.29 is 31.5 Å². The zero-order chi connectivity index (χ0) is 25.5. The Hall–Kier alpha value is -4.35. The van der Waals surface area contributed by atoms with E-state index in [2.05, 4.69) is 15.4 Å². The van der Waals surface area contributed by atoms with Crippen LogP contribution in [0.5, 0.6) is 0 Å². The third-order valence-corrected chi connectivity index (χ3v) is 5.24. The largest absolute Gasteiger partial charge is 0.437 e. The highest BCUT2D eigenvalue weighted by atomic mass is 19.4. The van der Waals surface area contributed by atoms with E-state index < -0.39 is 41.0 Å². The number of amides is 2. The number of alkyl halides is 3. The van der Waals surface area contributed by atoms with Gasteiger partial charge in [0.05, 0.1) is 29.0 Å². The van der Waals surface area contributed by atoms with Crippen LogP contribution in [0.25, 0.3) is 10.9 Å². The normalized spacial score (nSPS) is 11.6. The van der Waals surface area contributed by atoms with E-state index in [-0.39, 0.29) is 40.0 Å². The molecule has 0 atom stereocenters. The number of fused-ring (bicyclic) bond motifs is 1. The number of rotatable bonds is 5. The molecule has 35 heavy (non-hydrogen) atoms. The van der Waals surface area contributed by atoms with Gasteiger partial charge in [-0.3, -0.25) is 14.3 Å². The second kappa shape index (κ2) is 8.78. The highest BCUT2D eigenvalue weighted by molar-refractivity contribution is 6.14. The molecule has 4 aromatic rings. The molecule has 7 nitrogen and oxygen atoms in total. The fourth-order valence-electron chi connectivity index (χ4n) is 3.53. The van der Waals surface area contributed by atoms with Crippen LogP contribution in [0.3, 0.4) is 0 Å². The summed E-state index contributed by atoms with van der Waals surface area (Å²) >= 11 is 0. The van der Waals surface area contributed by atoms with Crippen molar-refractivity contribution in [2.24, 2.45) is 5.73 Å². The van der Waals surface area contributed by atoms with Gasteiger partial charge < -0.3 is 11.1 Å². The number of halogens is 5. The number of anilines is 1. The van der Waals surface area contributed by atoms with Crippen LogP contribution in [0.2, 0.25) is 0 Å². The third kappa shape index (κ3) is 4.67. The summed E-state index contributed by atoms with van der Waals surface area (Å²) in [5, 5.41) is 6.08. The van der Waals surface area contributed by atoms with E-state index >= 15 is 0 Å². The van der Waals surface area contributed by atoms with Gasteiger partial charge >= 0.3 is 6.18 Å².